The van der Waals surface area contributed by atoms with Gasteiger partial charge in [-0.3, -0.25) is 0 Å². The van der Waals surface area contributed by atoms with Crippen LogP contribution >= 0.6 is 0 Å². The van der Waals surface area contributed by atoms with Crippen LogP contribution in [0, 0.1) is 36.4 Å². The second-order valence-corrected chi connectivity index (χ2v) is 6.77. The Hall–Kier alpha value is -3.38. The standard InChI is InChI=1S/C16H16N2O2.2C6H5.Sn/c1-11-3-7-13(8-4-11)15(17-19)16(18-20)14-9-5-12(2)6-10-14;2*1-2-4-6-5-3-1;/h3-10,19-20H,1-2H3;2*1-5H;/q;;;+2/p-2/b17-15+,18-16+;;;. The monoisotopic (exact) mass is 540 g/mol. The maximum atomic E-state index is 11.1. The topological polar surface area (TPSA) is 70.8 Å². The molecule has 5 heteroatoms. The van der Waals surface area contributed by atoms with Gasteiger partial charge in [-0.05, 0) is 26.0 Å². The fraction of sp³-hybridized carbons (Fsp3) is 0.0714. The maximum Gasteiger partial charge on any atom is 2.00 e. The quantitative estimate of drug-likeness (QED) is 0.178. The molecule has 0 bridgehead atoms. The smallest absolute Gasteiger partial charge is 0.791 e. The second-order valence-electron chi connectivity index (χ2n) is 6.77. The molecule has 4 radical (unpaired) electrons. The van der Waals surface area contributed by atoms with Gasteiger partial charge in [-0.25, -0.2) is 0 Å². The van der Waals surface area contributed by atoms with Crippen LogP contribution in [-0.2, 0) is 0 Å². The number of hydrogen-bond donors (Lipinski definition) is 0. The van der Waals surface area contributed by atoms with Gasteiger partial charge in [0.25, 0.3) is 0 Å². The van der Waals surface area contributed by atoms with Gasteiger partial charge in [-0.1, -0.05) is 120 Å². The second kappa shape index (κ2) is 16.3. The maximum absolute atomic E-state index is 11.1. The summed E-state index contributed by atoms with van der Waals surface area (Å²) in [7, 11) is 0. The Bertz CT molecular complexity index is 936. The fourth-order valence-corrected chi connectivity index (χ4v) is 2.57. The molecule has 0 spiro atoms. The molecule has 0 atom stereocenters. The van der Waals surface area contributed by atoms with Crippen LogP contribution in [0.25, 0.3) is 0 Å². The van der Waals surface area contributed by atoms with Crippen molar-refractivity contribution in [2.24, 2.45) is 10.3 Å². The van der Waals surface area contributed by atoms with E-state index < -0.39 is 0 Å². The molecule has 0 aromatic heterocycles. The summed E-state index contributed by atoms with van der Waals surface area (Å²) in [5.41, 5.74) is 3.42. The van der Waals surface area contributed by atoms with Gasteiger partial charge in [0.2, 0.25) is 0 Å². The molecule has 4 aromatic rings. The molecule has 4 rings (SSSR count). The van der Waals surface area contributed by atoms with E-state index >= 15 is 0 Å². The molecule has 4 aromatic carbocycles. The van der Waals surface area contributed by atoms with E-state index in [1.807, 2.05) is 98.8 Å². The van der Waals surface area contributed by atoms with Crippen LogP contribution in [0.15, 0.2) is 120 Å². The zero-order valence-corrected chi connectivity index (χ0v) is 21.5. The van der Waals surface area contributed by atoms with E-state index in [1.54, 1.807) is 24.3 Å². The van der Waals surface area contributed by atoms with E-state index in [4.69, 9.17) is 0 Å². The number of nitrogens with zero attached hydrogens (tertiary/aromatic N) is 2. The van der Waals surface area contributed by atoms with Gasteiger partial charge >= 0.3 is 23.9 Å². The predicted octanol–water partition coefficient (Wildman–Crippen LogP) is 6.17. The van der Waals surface area contributed by atoms with E-state index in [0.717, 1.165) is 11.1 Å². The Kier molecular flexibility index (Phi) is 13.6. The summed E-state index contributed by atoms with van der Waals surface area (Å²) in [6, 6.07) is 39.5. The van der Waals surface area contributed by atoms with E-state index in [-0.39, 0.29) is 35.3 Å². The van der Waals surface area contributed by atoms with E-state index in [1.165, 1.54) is 0 Å². The van der Waals surface area contributed by atoms with Crippen molar-refractivity contribution in [3.63, 3.8) is 0 Å². The minimum Gasteiger partial charge on any atom is -0.791 e. The van der Waals surface area contributed by atoms with Crippen molar-refractivity contribution < 1.29 is 0 Å². The Morgan fingerprint density at radius 1 is 0.545 bits per heavy atom. The van der Waals surface area contributed by atoms with Crippen molar-refractivity contribution in [3.8, 4) is 0 Å². The molecule has 0 aliphatic heterocycles. The molecular weight excluding hydrogens is 515 g/mol. The largest absolute Gasteiger partial charge is 2.00 e. The molecule has 0 fully saturated rings. The number of benzene rings is 4. The van der Waals surface area contributed by atoms with Gasteiger partial charge in [-0.15, -0.1) is 0 Å². The van der Waals surface area contributed by atoms with Crippen LogP contribution in [0.5, 0.6) is 0 Å². The van der Waals surface area contributed by atoms with Crippen LogP contribution in [-0.4, -0.2) is 35.3 Å². The van der Waals surface area contributed by atoms with Gasteiger partial charge in [0, 0.05) is 11.1 Å². The summed E-state index contributed by atoms with van der Waals surface area (Å²) >= 11 is 0. The van der Waals surface area contributed by atoms with Gasteiger partial charge < -0.3 is 20.7 Å². The zero-order valence-electron chi connectivity index (χ0n) is 18.6. The molecule has 0 saturated carbocycles. The molecule has 33 heavy (non-hydrogen) atoms. The van der Waals surface area contributed by atoms with Crippen molar-refractivity contribution in [1.29, 1.82) is 0 Å². The molecule has 0 N–H and O–H groups in total. The first-order valence-electron chi connectivity index (χ1n) is 10.0. The summed E-state index contributed by atoms with van der Waals surface area (Å²) in [6.07, 6.45) is 0. The van der Waals surface area contributed by atoms with E-state index in [0.29, 0.717) is 11.1 Å². The normalized spacial score (nSPS) is 10.5. The van der Waals surface area contributed by atoms with E-state index in [9.17, 15) is 10.4 Å². The van der Waals surface area contributed by atoms with Crippen LogP contribution < -0.4 is 0 Å². The molecule has 4 nitrogen and oxygen atoms in total. The first-order valence-corrected chi connectivity index (χ1v) is 10.0. The van der Waals surface area contributed by atoms with Crippen molar-refractivity contribution in [2.75, 3.05) is 0 Å². The SMILES string of the molecule is Cc1ccc(C(=N\[O-])/C(=N/[O-])c2ccc(C)cc2)cc1.[Sn+2].[c]1ccccc1.[c]1ccccc1. The third-order valence-electron chi connectivity index (χ3n) is 4.27. The minimum absolute atomic E-state index is 0. The van der Waals surface area contributed by atoms with Crippen LogP contribution in [0.4, 0.5) is 0 Å². The molecule has 0 aliphatic rings. The van der Waals surface area contributed by atoms with Gasteiger partial charge in [0.1, 0.15) is 0 Å². The fourth-order valence-electron chi connectivity index (χ4n) is 2.57. The summed E-state index contributed by atoms with van der Waals surface area (Å²) in [4.78, 5) is 0. The first kappa shape index (κ1) is 27.7. The Morgan fingerprint density at radius 3 is 1.03 bits per heavy atom. The summed E-state index contributed by atoms with van der Waals surface area (Å²) in [6.45, 7) is 3.89. The predicted molar refractivity (Wildman–Crippen MR) is 138 cm³/mol. The Balaban J connectivity index is 0.000000340. The van der Waals surface area contributed by atoms with Crippen molar-refractivity contribution in [3.05, 3.63) is 154 Å². The van der Waals surface area contributed by atoms with Crippen LogP contribution in [0.1, 0.15) is 22.3 Å². The molecule has 0 amide bonds. The summed E-state index contributed by atoms with van der Waals surface area (Å²) in [5, 5.41) is 28.2. The summed E-state index contributed by atoms with van der Waals surface area (Å²) in [5.74, 6) is 0. The number of rotatable bonds is 3. The van der Waals surface area contributed by atoms with Crippen LogP contribution in [0.2, 0.25) is 0 Å². The zero-order chi connectivity index (χ0) is 23.0. The first-order chi connectivity index (χ1) is 15.7. The van der Waals surface area contributed by atoms with Gasteiger partial charge in [0.05, 0.1) is 11.4 Å². The van der Waals surface area contributed by atoms with Gasteiger partial charge in [0.15, 0.2) is 0 Å². The molecule has 0 unspecified atom stereocenters. The summed E-state index contributed by atoms with van der Waals surface area (Å²) < 4.78 is 0. The Labute approximate surface area is 212 Å². The Morgan fingerprint density at radius 2 is 0.848 bits per heavy atom. The average molecular weight is 539 g/mol. The molecule has 162 valence electrons. The molecule has 0 saturated heterocycles. The average Bonchev–Trinajstić information content (AvgIpc) is 2.87. The number of hydrogen-bond acceptors (Lipinski definition) is 4. The third-order valence-corrected chi connectivity index (χ3v) is 4.27. The van der Waals surface area contributed by atoms with E-state index in [2.05, 4.69) is 22.4 Å². The minimum atomic E-state index is 0. The van der Waals surface area contributed by atoms with Crippen molar-refractivity contribution in [1.82, 2.24) is 0 Å². The van der Waals surface area contributed by atoms with Crippen molar-refractivity contribution >= 4 is 35.3 Å². The number of aryl methyl sites for hydroxylation is 2. The van der Waals surface area contributed by atoms with Crippen LogP contribution in [0.3, 0.4) is 0 Å². The molecule has 0 aliphatic carbocycles. The third kappa shape index (κ3) is 10.2. The van der Waals surface area contributed by atoms with Crippen molar-refractivity contribution in [2.45, 2.75) is 13.8 Å². The molecular formula is C28H24N2O2Sn. The molecule has 0 heterocycles. The van der Waals surface area contributed by atoms with Gasteiger partial charge in [-0.2, -0.15) is 0 Å².